The number of sulfonamides is 1. The summed E-state index contributed by atoms with van der Waals surface area (Å²) in [6.07, 6.45) is 0. The monoisotopic (exact) mass is 277 g/mol. The fourth-order valence-corrected chi connectivity index (χ4v) is 3.79. The van der Waals surface area contributed by atoms with Crippen LogP contribution in [0.1, 0.15) is 23.5 Å². The van der Waals surface area contributed by atoms with E-state index in [-0.39, 0.29) is 15.7 Å². The van der Waals surface area contributed by atoms with Gasteiger partial charge in [0.15, 0.2) is 0 Å². The molecule has 0 unspecified atom stereocenters. The first-order valence-corrected chi connectivity index (χ1v) is 7.35. The third-order valence-corrected chi connectivity index (χ3v) is 4.99. The van der Waals surface area contributed by atoms with Gasteiger partial charge >= 0.3 is 5.97 Å². The average molecular weight is 277 g/mol. The molecule has 17 heavy (non-hydrogen) atoms. The summed E-state index contributed by atoms with van der Waals surface area (Å²) in [7, 11) is -2.07. The van der Waals surface area contributed by atoms with E-state index in [9.17, 15) is 13.2 Å². The molecule has 1 aromatic rings. The van der Waals surface area contributed by atoms with E-state index in [2.05, 4.69) is 0 Å². The van der Waals surface area contributed by atoms with Gasteiger partial charge in [0.1, 0.15) is 4.88 Å². The van der Waals surface area contributed by atoms with Crippen molar-refractivity contribution >= 4 is 27.3 Å². The van der Waals surface area contributed by atoms with Crippen LogP contribution in [-0.2, 0) is 10.0 Å². The van der Waals surface area contributed by atoms with Crippen LogP contribution in [0.4, 0.5) is 0 Å². The minimum absolute atomic E-state index is 0.0292. The molecule has 0 fully saturated rings. The van der Waals surface area contributed by atoms with E-state index in [1.807, 2.05) is 13.8 Å². The SMILES string of the molecule is CC(C)CN(C)S(=O)(=O)c1csc(C(=O)O)c1. The summed E-state index contributed by atoms with van der Waals surface area (Å²) in [4.78, 5) is 10.8. The molecule has 0 bridgehead atoms. The highest BCUT2D eigenvalue weighted by Gasteiger charge is 2.23. The van der Waals surface area contributed by atoms with Gasteiger partial charge in [-0.1, -0.05) is 13.8 Å². The molecule has 1 N–H and O–H groups in total. The second kappa shape index (κ2) is 5.16. The maximum absolute atomic E-state index is 12.0. The van der Waals surface area contributed by atoms with E-state index < -0.39 is 16.0 Å². The van der Waals surface area contributed by atoms with Crippen LogP contribution in [0.15, 0.2) is 16.3 Å². The summed E-state index contributed by atoms with van der Waals surface area (Å²) in [5, 5.41) is 10.1. The lowest BCUT2D eigenvalue weighted by Gasteiger charge is -2.18. The summed E-state index contributed by atoms with van der Waals surface area (Å²) in [6.45, 7) is 4.24. The fourth-order valence-electron chi connectivity index (χ4n) is 1.36. The molecule has 0 aliphatic rings. The molecule has 0 amide bonds. The Balaban J connectivity index is 3.00. The Morgan fingerprint density at radius 1 is 1.53 bits per heavy atom. The van der Waals surface area contributed by atoms with Crippen LogP contribution >= 0.6 is 11.3 Å². The maximum Gasteiger partial charge on any atom is 0.345 e. The van der Waals surface area contributed by atoms with Gasteiger partial charge in [-0.25, -0.2) is 17.5 Å². The molecule has 0 aromatic carbocycles. The van der Waals surface area contributed by atoms with E-state index >= 15 is 0 Å². The summed E-state index contributed by atoms with van der Waals surface area (Å²) < 4.78 is 25.3. The second-order valence-electron chi connectivity index (χ2n) is 4.13. The van der Waals surface area contributed by atoms with Gasteiger partial charge in [0, 0.05) is 19.0 Å². The van der Waals surface area contributed by atoms with E-state index in [1.165, 1.54) is 22.8 Å². The first-order chi connectivity index (χ1) is 7.75. The fraction of sp³-hybridized carbons (Fsp3) is 0.500. The lowest BCUT2D eigenvalue weighted by atomic mass is 10.2. The average Bonchev–Trinajstić information content (AvgIpc) is 2.65. The molecule has 0 aliphatic heterocycles. The largest absolute Gasteiger partial charge is 0.477 e. The Hall–Kier alpha value is -0.920. The number of nitrogens with zero attached hydrogens (tertiary/aromatic N) is 1. The number of hydrogen-bond acceptors (Lipinski definition) is 4. The molecule has 0 radical (unpaired) electrons. The molecule has 1 rings (SSSR count). The van der Waals surface area contributed by atoms with Gasteiger partial charge in [-0.2, -0.15) is 0 Å². The molecule has 5 nitrogen and oxygen atoms in total. The zero-order chi connectivity index (χ0) is 13.2. The van der Waals surface area contributed by atoms with Crippen LogP contribution in [0.25, 0.3) is 0 Å². The van der Waals surface area contributed by atoms with Crippen LogP contribution in [-0.4, -0.2) is 37.4 Å². The predicted molar refractivity (Wildman–Crippen MR) is 65.9 cm³/mol. The van der Waals surface area contributed by atoms with Crippen molar-refractivity contribution in [2.75, 3.05) is 13.6 Å². The number of carbonyl (C=O) groups is 1. The summed E-state index contributed by atoms with van der Waals surface area (Å²) in [5.41, 5.74) is 0. The molecule has 1 heterocycles. The van der Waals surface area contributed by atoms with Crippen LogP contribution in [0, 0.1) is 5.92 Å². The summed E-state index contributed by atoms with van der Waals surface area (Å²) >= 11 is 0.915. The molecule has 0 atom stereocenters. The molecule has 96 valence electrons. The van der Waals surface area contributed by atoms with Gasteiger partial charge in [0.2, 0.25) is 10.0 Å². The third kappa shape index (κ3) is 3.27. The zero-order valence-electron chi connectivity index (χ0n) is 9.87. The Kier molecular flexibility index (Phi) is 4.29. The van der Waals surface area contributed by atoms with Crippen molar-refractivity contribution in [3.8, 4) is 0 Å². The Bertz CT molecular complexity index is 504. The lowest BCUT2D eigenvalue weighted by molar-refractivity contribution is 0.0702. The summed E-state index contributed by atoms with van der Waals surface area (Å²) in [5.74, 6) is -0.893. The smallest absolute Gasteiger partial charge is 0.345 e. The van der Waals surface area contributed by atoms with Gasteiger partial charge in [-0.3, -0.25) is 0 Å². The van der Waals surface area contributed by atoms with Crippen molar-refractivity contribution < 1.29 is 18.3 Å². The number of thiophene rings is 1. The quantitative estimate of drug-likeness (QED) is 0.889. The number of carboxylic acid groups (broad SMARTS) is 1. The second-order valence-corrected chi connectivity index (χ2v) is 7.09. The minimum Gasteiger partial charge on any atom is -0.477 e. The van der Waals surface area contributed by atoms with Crippen molar-refractivity contribution in [2.24, 2.45) is 5.92 Å². The zero-order valence-corrected chi connectivity index (χ0v) is 11.5. The Morgan fingerprint density at radius 3 is 2.53 bits per heavy atom. The normalized spacial score (nSPS) is 12.3. The van der Waals surface area contributed by atoms with Gasteiger partial charge in [0.25, 0.3) is 0 Å². The van der Waals surface area contributed by atoms with Crippen molar-refractivity contribution in [3.63, 3.8) is 0 Å². The summed E-state index contributed by atoms with van der Waals surface area (Å²) in [6, 6.07) is 1.19. The molecule has 1 aromatic heterocycles. The van der Waals surface area contributed by atoms with Crippen molar-refractivity contribution in [1.29, 1.82) is 0 Å². The van der Waals surface area contributed by atoms with Crippen LogP contribution in [0.2, 0.25) is 0 Å². The first kappa shape index (κ1) is 14.1. The highest BCUT2D eigenvalue weighted by molar-refractivity contribution is 7.89. The van der Waals surface area contributed by atoms with E-state index in [4.69, 9.17) is 5.11 Å². The molecular weight excluding hydrogens is 262 g/mol. The molecule has 7 heteroatoms. The number of hydrogen-bond donors (Lipinski definition) is 1. The molecule has 0 spiro atoms. The van der Waals surface area contributed by atoms with E-state index in [0.29, 0.717) is 6.54 Å². The minimum atomic E-state index is -3.57. The Labute approximate surface area is 105 Å². The van der Waals surface area contributed by atoms with E-state index in [0.717, 1.165) is 11.3 Å². The lowest BCUT2D eigenvalue weighted by Crippen LogP contribution is -2.30. The number of aromatic carboxylic acids is 1. The number of carboxylic acids is 1. The maximum atomic E-state index is 12.0. The van der Waals surface area contributed by atoms with Gasteiger partial charge in [0.05, 0.1) is 4.90 Å². The molecular formula is C10H15NO4S2. The molecule has 0 saturated heterocycles. The highest BCUT2D eigenvalue weighted by Crippen LogP contribution is 2.22. The van der Waals surface area contributed by atoms with Crippen LogP contribution < -0.4 is 0 Å². The highest BCUT2D eigenvalue weighted by atomic mass is 32.2. The Morgan fingerprint density at radius 2 is 2.12 bits per heavy atom. The topological polar surface area (TPSA) is 74.7 Å². The number of rotatable bonds is 5. The van der Waals surface area contributed by atoms with Crippen molar-refractivity contribution in [2.45, 2.75) is 18.7 Å². The van der Waals surface area contributed by atoms with Crippen LogP contribution in [0.5, 0.6) is 0 Å². The first-order valence-electron chi connectivity index (χ1n) is 5.03. The third-order valence-electron chi connectivity index (χ3n) is 2.12. The van der Waals surface area contributed by atoms with Gasteiger partial charge in [-0.15, -0.1) is 11.3 Å². The van der Waals surface area contributed by atoms with Crippen molar-refractivity contribution in [1.82, 2.24) is 4.31 Å². The molecule has 0 saturated carbocycles. The van der Waals surface area contributed by atoms with E-state index in [1.54, 1.807) is 0 Å². The van der Waals surface area contributed by atoms with Crippen molar-refractivity contribution in [3.05, 3.63) is 16.3 Å². The van der Waals surface area contributed by atoms with Gasteiger partial charge in [-0.05, 0) is 12.0 Å². The van der Waals surface area contributed by atoms with Crippen LogP contribution in [0.3, 0.4) is 0 Å². The van der Waals surface area contributed by atoms with Gasteiger partial charge < -0.3 is 5.11 Å². The molecule has 0 aliphatic carbocycles. The predicted octanol–water partition coefficient (Wildman–Crippen LogP) is 1.72. The standard InChI is InChI=1S/C10H15NO4S2/c1-7(2)5-11(3)17(14,15)8-4-9(10(12)13)16-6-8/h4,6-7H,5H2,1-3H3,(H,12,13).